The number of carbonyl (C=O) groups is 2. The van der Waals surface area contributed by atoms with Crippen LogP contribution in [0.2, 0.25) is 5.02 Å². The molecule has 1 aliphatic rings. The van der Waals surface area contributed by atoms with E-state index >= 15 is 0 Å². The summed E-state index contributed by atoms with van der Waals surface area (Å²) in [6, 6.07) is 6.19. The Labute approximate surface area is 141 Å². The highest BCUT2D eigenvalue weighted by Gasteiger charge is 2.21. The SMILES string of the molecule is CC(NC(=O)c1ccc(Cl)cc1)C(=O)NC1CCNCC1.Cl. The number of hydrogen-bond acceptors (Lipinski definition) is 3. The fraction of sp³-hybridized carbons (Fsp3) is 0.467. The van der Waals surface area contributed by atoms with E-state index in [4.69, 9.17) is 11.6 Å². The van der Waals surface area contributed by atoms with Gasteiger partial charge in [0.15, 0.2) is 0 Å². The third kappa shape index (κ3) is 5.48. The van der Waals surface area contributed by atoms with Crippen molar-refractivity contribution in [2.45, 2.75) is 31.8 Å². The molecule has 1 aromatic rings. The van der Waals surface area contributed by atoms with Crippen molar-refractivity contribution in [1.29, 1.82) is 0 Å². The van der Waals surface area contributed by atoms with Crippen LogP contribution >= 0.6 is 24.0 Å². The molecule has 1 unspecified atom stereocenters. The van der Waals surface area contributed by atoms with Crippen LogP contribution in [0.5, 0.6) is 0 Å². The zero-order valence-corrected chi connectivity index (χ0v) is 14.0. The molecule has 1 atom stereocenters. The summed E-state index contributed by atoms with van der Waals surface area (Å²) in [6.07, 6.45) is 1.84. The van der Waals surface area contributed by atoms with Gasteiger partial charge in [-0.3, -0.25) is 9.59 Å². The third-order valence-corrected chi connectivity index (χ3v) is 3.78. The molecule has 122 valence electrons. The molecule has 0 aliphatic carbocycles. The average molecular weight is 346 g/mol. The van der Waals surface area contributed by atoms with E-state index in [9.17, 15) is 9.59 Å². The maximum absolute atomic E-state index is 12.1. The molecule has 5 nitrogen and oxygen atoms in total. The van der Waals surface area contributed by atoms with Crippen molar-refractivity contribution in [2.75, 3.05) is 13.1 Å². The third-order valence-electron chi connectivity index (χ3n) is 3.53. The van der Waals surface area contributed by atoms with Crippen molar-refractivity contribution in [1.82, 2.24) is 16.0 Å². The Kier molecular flexibility index (Phi) is 7.65. The number of hydrogen-bond donors (Lipinski definition) is 3. The first-order valence-electron chi connectivity index (χ1n) is 7.14. The summed E-state index contributed by atoms with van der Waals surface area (Å²) in [4.78, 5) is 24.1. The Balaban J connectivity index is 0.00000242. The van der Waals surface area contributed by atoms with Gasteiger partial charge in [-0.05, 0) is 57.1 Å². The number of piperidine rings is 1. The van der Waals surface area contributed by atoms with Gasteiger partial charge in [-0.1, -0.05) is 11.6 Å². The second-order valence-electron chi connectivity index (χ2n) is 5.23. The number of rotatable bonds is 4. The molecule has 1 fully saturated rings. The fourth-order valence-corrected chi connectivity index (χ4v) is 2.37. The maximum Gasteiger partial charge on any atom is 0.251 e. The van der Waals surface area contributed by atoms with Crippen molar-refractivity contribution in [3.63, 3.8) is 0 Å². The smallest absolute Gasteiger partial charge is 0.251 e. The van der Waals surface area contributed by atoms with Crippen LogP contribution in [0.15, 0.2) is 24.3 Å². The normalized spacial score (nSPS) is 16.3. The zero-order valence-electron chi connectivity index (χ0n) is 12.4. The Morgan fingerprint density at radius 3 is 2.41 bits per heavy atom. The molecule has 1 saturated heterocycles. The molecule has 0 bridgehead atoms. The maximum atomic E-state index is 12.1. The molecular formula is C15H21Cl2N3O2. The molecule has 0 spiro atoms. The van der Waals surface area contributed by atoms with E-state index in [2.05, 4.69) is 16.0 Å². The van der Waals surface area contributed by atoms with Gasteiger partial charge in [-0.25, -0.2) is 0 Å². The zero-order chi connectivity index (χ0) is 15.2. The van der Waals surface area contributed by atoms with Crippen LogP contribution in [0.3, 0.4) is 0 Å². The fourth-order valence-electron chi connectivity index (χ4n) is 2.24. The van der Waals surface area contributed by atoms with Gasteiger partial charge in [0.05, 0.1) is 0 Å². The first kappa shape index (κ1) is 18.7. The van der Waals surface area contributed by atoms with Gasteiger partial charge in [0.25, 0.3) is 5.91 Å². The standard InChI is InChI=1S/C15H20ClN3O2.ClH/c1-10(14(20)19-13-6-8-17-9-7-13)18-15(21)11-2-4-12(16)5-3-11;/h2-5,10,13,17H,6-9H2,1H3,(H,18,21)(H,19,20);1H. The number of amides is 2. The topological polar surface area (TPSA) is 70.2 Å². The molecular weight excluding hydrogens is 325 g/mol. The van der Waals surface area contributed by atoms with Gasteiger partial charge < -0.3 is 16.0 Å². The Morgan fingerprint density at radius 1 is 1.23 bits per heavy atom. The molecule has 0 aromatic heterocycles. The second-order valence-corrected chi connectivity index (χ2v) is 5.67. The van der Waals surface area contributed by atoms with Crippen molar-refractivity contribution >= 4 is 35.8 Å². The van der Waals surface area contributed by atoms with Crippen LogP contribution in [0.4, 0.5) is 0 Å². The van der Waals surface area contributed by atoms with Gasteiger partial charge in [0.1, 0.15) is 6.04 Å². The predicted octanol–water partition coefficient (Wildman–Crippen LogP) is 1.75. The largest absolute Gasteiger partial charge is 0.351 e. The van der Waals surface area contributed by atoms with Crippen molar-refractivity contribution in [2.24, 2.45) is 0 Å². The minimum absolute atomic E-state index is 0. The van der Waals surface area contributed by atoms with Crippen molar-refractivity contribution < 1.29 is 9.59 Å². The van der Waals surface area contributed by atoms with E-state index < -0.39 is 6.04 Å². The summed E-state index contributed by atoms with van der Waals surface area (Å²) in [6.45, 7) is 3.51. The van der Waals surface area contributed by atoms with Crippen molar-refractivity contribution in [3.8, 4) is 0 Å². The van der Waals surface area contributed by atoms with E-state index in [1.165, 1.54) is 0 Å². The van der Waals surface area contributed by atoms with E-state index in [1.807, 2.05) is 0 Å². The van der Waals surface area contributed by atoms with E-state index in [0.717, 1.165) is 25.9 Å². The molecule has 2 rings (SSSR count). The number of benzene rings is 1. The number of nitrogens with one attached hydrogen (secondary N) is 3. The molecule has 3 N–H and O–H groups in total. The molecule has 22 heavy (non-hydrogen) atoms. The van der Waals surface area contributed by atoms with Crippen LogP contribution in [-0.2, 0) is 4.79 Å². The minimum Gasteiger partial charge on any atom is -0.351 e. The predicted molar refractivity (Wildman–Crippen MR) is 89.7 cm³/mol. The van der Waals surface area contributed by atoms with Gasteiger partial charge in [-0.2, -0.15) is 0 Å². The van der Waals surface area contributed by atoms with E-state index in [0.29, 0.717) is 10.6 Å². The number of carbonyl (C=O) groups excluding carboxylic acids is 2. The lowest BCUT2D eigenvalue weighted by molar-refractivity contribution is -0.123. The molecule has 0 saturated carbocycles. The summed E-state index contributed by atoms with van der Waals surface area (Å²) in [5.41, 5.74) is 0.487. The van der Waals surface area contributed by atoms with E-state index in [1.54, 1.807) is 31.2 Å². The molecule has 1 aromatic carbocycles. The summed E-state index contributed by atoms with van der Waals surface area (Å²) in [5, 5.41) is 9.48. The summed E-state index contributed by atoms with van der Waals surface area (Å²) in [7, 11) is 0. The van der Waals surface area contributed by atoms with Gasteiger partial charge in [-0.15, -0.1) is 12.4 Å². The molecule has 1 aliphatic heterocycles. The van der Waals surface area contributed by atoms with Crippen LogP contribution in [0.1, 0.15) is 30.1 Å². The van der Waals surface area contributed by atoms with E-state index in [-0.39, 0.29) is 30.3 Å². The highest BCUT2D eigenvalue weighted by molar-refractivity contribution is 6.30. The Bertz CT molecular complexity index is 502. The Morgan fingerprint density at radius 2 is 1.82 bits per heavy atom. The molecule has 1 heterocycles. The first-order chi connectivity index (χ1) is 10.1. The molecule has 0 radical (unpaired) electrons. The Hall–Kier alpha value is -1.30. The quantitative estimate of drug-likeness (QED) is 0.778. The highest BCUT2D eigenvalue weighted by Crippen LogP contribution is 2.09. The lowest BCUT2D eigenvalue weighted by Crippen LogP contribution is -2.50. The molecule has 2 amide bonds. The van der Waals surface area contributed by atoms with Gasteiger partial charge in [0.2, 0.25) is 5.91 Å². The van der Waals surface area contributed by atoms with Gasteiger partial charge in [0, 0.05) is 16.6 Å². The van der Waals surface area contributed by atoms with Crippen LogP contribution in [-0.4, -0.2) is 37.0 Å². The summed E-state index contributed by atoms with van der Waals surface area (Å²) >= 11 is 5.78. The van der Waals surface area contributed by atoms with Gasteiger partial charge >= 0.3 is 0 Å². The van der Waals surface area contributed by atoms with Crippen molar-refractivity contribution in [3.05, 3.63) is 34.9 Å². The number of halogens is 2. The lowest BCUT2D eigenvalue weighted by Gasteiger charge is -2.25. The second kappa shape index (κ2) is 8.98. The lowest BCUT2D eigenvalue weighted by atomic mass is 10.1. The van der Waals surface area contributed by atoms with Crippen LogP contribution in [0, 0.1) is 0 Å². The van der Waals surface area contributed by atoms with Crippen LogP contribution < -0.4 is 16.0 Å². The summed E-state index contributed by atoms with van der Waals surface area (Å²) < 4.78 is 0. The molecule has 7 heteroatoms. The first-order valence-corrected chi connectivity index (χ1v) is 7.51. The summed E-state index contributed by atoms with van der Waals surface area (Å²) in [5.74, 6) is -0.427. The van der Waals surface area contributed by atoms with Crippen LogP contribution in [0.25, 0.3) is 0 Å². The average Bonchev–Trinajstić information content (AvgIpc) is 2.48. The highest BCUT2D eigenvalue weighted by atomic mass is 35.5. The minimum atomic E-state index is -0.567. The monoisotopic (exact) mass is 345 g/mol.